The van der Waals surface area contributed by atoms with E-state index in [0.717, 1.165) is 39.4 Å². The molecule has 134 valence electrons. The van der Waals surface area contributed by atoms with E-state index >= 15 is 0 Å². The van der Waals surface area contributed by atoms with Crippen LogP contribution in [0, 0.1) is 12.3 Å². The van der Waals surface area contributed by atoms with E-state index in [1.807, 2.05) is 29.8 Å². The summed E-state index contributed by atoms with van der Waals surface area (Å²) in [6.07, 6.45) is 6.34. The summed E-state index contributed by atoms with van der Waals surface area (Å²) in [5.41, 5.74) is 1.45. The van der Waals surface area contributed by atoms with Gasteiger partial charge in [0.15, 0.2) is 0 Å². The molecule has 2 aliphatic heterocycles. The summed E-state index contributed by atoms with van der Waals surface area (Å²) >= 11 is 1.93. The zero-order chi connectivity index (χ0) is 17.1. The molecule has 0 bridgehead atoms. The molecule has 2 aromatic rings. The molecule has 4 nitrogen and oxygen atoms in total. The van der Waals surface area contributed by atoms with Crippen molar-refractivity contribution in [2.45, 2.75) is 26.3 Å². The fourth-order valence-electron chi connectivity index (χ4n) is 4.24. The summed E-state index contributed by atoms with van der Waals surface area (Å²) in [6, 6.07) is 8.71. The van der Waals surface area contributed by atoms with Crippen LogP contribution >= 0.6 is 11.3 Å². The van der Waals surface area contributed by atoms with Gasteiger partial charge in [-0.3, -0.25) is 9.88 Å². The average Bonchev–Trinajstić information content (AvgIpc) is 2.92. The minimum atomic E-state index is 0.233. The standard InChI is InChI=1S/C20H27N3OS/c1-17-5-6-19(25-17)13-22-9-3-7-20(14-22)15-23(10-11-24-16-20)18-4-2-8-21-12-18/h2,4-6,8,12H,3,7,9-11,13-16H2,1H3/t20-/m1/s1. The zero-order valence-corrected chi connectivity index (χ0v) is 15.8. The molecule has 2 aliphatic rings. The average molecular weight is 358 g/mol. The molecule has 1 atom stereocenters. The van der Waals surface area contributed by atoms with Gasteiger partial charge in [0.2, 0.25) is 0 Å². The molecule has 2 aromatic heterocycles. The molecule has 0 unspecified atom stereocenters. The Morgan fingerprint density at radius 1 is 1.24 bits per heavy atom. The Bertz CT molecular complexity index is 689. The van der Waals surface area contributed by atoms with Crippen molar-refractivity contribution in [3.05, 3.63) is 46.4 Å². The Hall–Kier alpha value is -1.43. The molecule has 0 aliphatic carbocycles. The van der Waals surface area contributed by atoms with Crippen LogP contribution in [0.15, 0.2) is 36.7 Å². The number of hydrogen-bond donors (Lipinski definition) is 0. The molecule has 0 amide bonds. The van der Waals surface area contributed by atoms with Gasteiger partial charge in [0.1, 0.15) is 0 Å². The Kier molecular flexibility index (Phi) is 5.06. The van der Waals surface area contributed by atoms with Gasteiger partial charge in [0.25, 0.3) is 0 Å². The smallest absolute Gasteiger partial charge is 0.0641 e. The van der Waals surface area contributed by atoms with Gasteiger partial charge < -0.3 is 9.64 Å². The molecule has 0 N–H and O–H groups in total. The highest BCUT2D eigenvalue weighted by Gasteiger charge is 2.39. The maximum atomic E-state index is 6.06. The number of anilines is 1. The Morgan fingerprint density at radius 3 is 3.00 bits per heavy atom. The van der Waals surface area contributed by atoms with Crippen LogP contribution in [0.5, 0.6) is 0 Å². The highest BCUT2D eigenvalue weighted by Crippen LogP contribution is 2.35. The maximum absolute atomic E-state index is 6.06. The van der Waals surface area contributed by atoms with Crippen LogP contribution in [-0.4, -0.2) is 49.3 Å². The van der Waals surface area contributed by atoms with Crippen molar-refractivity contribution in [3.63, 3.8) is 0 Å². The second-order valence-corrected chi connectivity index (χ2v) is 8.88. The van der Waals surface area contributed by atoms with E-state index in [1.165, 1.54) is 34.8 Å². The van der Waals surface area contributed by atoms with Crippen LogP contribution < -0.4 is 4.90 Å². The Morgan fingerprint density at radius 2 is 2.20 bits per heavy atom. The lowest BCUT2D eigenvalue weighted by Crippen LogP contribution is -2.50. The molecule has 0 aromatic carbocycles. The van der Waals surface area contributed by atoms with E-state index in [9.17, 15) is 0 Å². The number of ether oxygens (including phenoxy) is 1. The number of rotatable bonds is 3. The van der Waals surface area contributed by atoms with Crippen molar-refractivity contribution in [2.75, 3.05) is 44.3 Å². The molecule has 25 heavy (non-hydrogen) atoms. The quantitative estimate of drug-likeness (QED) is 0.840. The lowest BCUT2D eigenvalue weighted by Gasteiger charge is -2.44. The zero-order valence-electron chi connectivity index (χ0n) is 15.0. The molecule has 5 heteroatoms. The summed E-state index contributed by atoms with van der Waals surface area (Å²) in [7, 11) is 0. The third-order valence-corrected chi connectivity index (χ3v) is 6.35. The van der Waals surface area contributed by atoms with E-state index in [4.69, 9.17) is 4.74 Å². The number of likely N-dealkylation sites (tertiary alicyclic amines) is 1. The van der Waals surface area contributed by atoms with E-state index in [1.54, 1.807) is 0 Å². The Labute approximate surface area is 154 Å². The molecule has 2 saturated heterocycles. The molecule has 4 rings (SSSR count). The number of thiophene rings is 1. The van der Waals surface area contributed by atoms with Crippen molar-refractivity contribution in [1.29, 1.82) is 0 Å². The maximum Gasteiger partial charge on any atom is 0.0641 e. The Balaban J connectivity index is 1.48. The summed E-state index contributed by atoms with van der Waals surface area (Å²) < 4.78 is 6.06. The highest BCUT2D eigenvalue weighted by atomic mass is 32.1. The number of pyridine rings is 1. The number of nitrogens with zero attached hydrogens (tertiary/aromatic N) is 3. The second kappa shape index (κ2) is 7.44. The van der Waals surface area contributed by atoms with Crippen molar-refractivity contribution in [2.24, 2.45) is 5.41 Å². The first-order chi connectivity index (χ1) is 12.2. The summed E-state index contributed by atoms with van der Waals surface area (Å²) in [6.45, 7) is 9.30. The lowest BCUT2D eigenvalue weighted by molar-refractivity contribution is 0.0110. The van der Waals surface area contributed by atoms with Gasteiger partial charge in [-0.15, -0.1) is 11.3 Å². The van der Waals surface area contributed by atoms with E-state index in [2.05, 4.69) is 39.9 Å². The third kappa shape index (κ3) is 4.05. The van der Waals surface area contributed by atoms with Gasteiger partial charge >= 0.3 is 0 Å². The van der Waals surface area contributed by atoms with Crippen LogP contribution in [0.25, 0.3) is 0 Å². The topological polar surface area (TPSA) is 28.6 Å². The van der Waals surface area contributed by atoms with Crippen molar-refractivity contribution >= 4 is 17.0 Å². The van der Waals surface area contributed by atoms with E-state index in [0.29, 0.717) is 0 Å². The molecular formula is C20H27N3OS. The predicted molar refractivity (Wildman–Crippen MR) is 103 cm³/mol. The van der Waals surface area contributed by atoms with Crippen molar-refractivity contribution < 1.29 is 4.74 Å². The summed E-state index contributed by atoms with van der Waals surface area (Å²) in [5.74, 6) is 0. The van der Waals surface area contributed by atoms with Gasteiger partial charge in [0.05, 0.1) is 25.1 Å². The molecular weight excluding hydrogens is 330 g/mol. The number of hydrogen-bond acceptors (Lipinski definition) is 5. The van der Waals surface area contributed by atoms with Crippen LogP contribution in [-0.2, 0) is 11.3 Å². The minimum Gasteiger partial charge on any atom is -0.379 e. The fraction of sp³-hybridized carbons (Fsp3) is 0.550. The molecule has 1 spiro atoms. The predicted octanol–water partition coefficient (Wildman–Crippen LogP) is 3.57. The van der Waals surface area contributed by atoms with Crippen LogP contribution in [0.2, 0.25) is 0 Å². The molecule has 0 radical (unpaired) electrons. The van der Waals surface area contributed by atoms with Gasteiger partial charge in [-0.1, -0.05) is 0 Å². The first-order valence-corrected chi connectivity index (χ1v) is 10.0. The van der Waals surface area contributed by atoms with E-state index < -0.39 is 0 Å². The van der Waals surface area contributed by atoms with E-state index in [-0.39, 0.29) is 5.41 Å². The molecule has 0 saturated carbocycles. The van der Waals surface area contributed by atoms with Crippen LogP contribution in [0.3, 0.4) is 0 Å². The second-order valence-electron chi connectivity index (χ2n) is 7.51. The van der Waals surface area contributed by atoms with Gasteiger partial charge in [-0.2, -0.15) is 0 Å². The molecule has 4 heterocycles. The van der Waals surface area contributed by atoms with Crippen molar-refractivity contribution in [1.82, 2.24) is 9.88 Å². The van der Waals surface area contributed by atoms with Crippen LogP contribution in [0.1, 0.15) is 22.6 Å². The van der Waals surface area contributed by atoms with Crippen molar-refractivity contribution in [3.8, 4) is 0 Å². The fourth-order valence-corrected chi connectivity index (χ4v) is 5.17. The van der Waals surface area contributed by atoms with Gasteiger partial charge in [-0.05, 0) is 50.6 Å². The van der Waals surface area contributed by atoms with Crippen LogP contribution in [0.4, 0.5) is 5.69 Å². The summed E-state index contributed by atoms with van der Waals surface area (Å²) in [5, 5.41) is 0. The number of aromatic nitrogens is 1. The van der Waals surface area contributed by atoms with Gasteiger partial charge in [-0.25, -0.2) is 0 Å². The highest BCUT2D eigenvalue weighted by molar-refractivity contribution is 7.11. The first kappa shape index (κ1) is 17.0. The SMILES string of the molecule is Cc1ccc(CN2CCC[C@@]3(COCCN(c4cccnc4)C3)C2)s1. The monoisotopic (exact) mass is 357 g/mol. The largest absolute Gasteiger partial charge is 0.379 e. The third-order valence-electron chi connectivity index (χ3n) is 5.37. The minimum absolute atomic E-state index is 0.233. The lowest BCUT2D eigenvalue weighted by atomic mass is 9.80. The number of aryl methyl sites for hydroxylation is 1. The number of piperidine rings is 1. The molecule has 2 fully saturated rings. The first-order valence-electron chi connectivity index (χ1n) is 9.23. The summed E-state index contributed by atoms with van der Waals surface area (Å²) in [4.78, 5) is 12.3. The van der Waals surface area contributed by atoms with Gasteiger partial charge in [0, 0.05) is 47.5 Å². The normalized spacial score (nSPS) is 25.2.